The molecule has 1 fully saturated rings. The van der Waals surface area contributed by atoms with Crippen LogP contribution in [0.15, 0.2) is 12.1 Å². The highest BCUT2D eigenvalue weighted by Crippen LogP contribution is 2.24. The quantitative estimate of drug-likeness (QED) is 0.809. The van der Waals surface area contributed by atoms with Crippen molar-refractivity contribution in [1.29, 1.82) is 0 Å². The second-order valence-corrected chi connectivity index (χ2v) is 3.75. The number of rotatable bonds is 2. The van der Waals surface area contributed by atoms with Crippen molar-refractivity contribution in [3.63, 3.8) is 0 Å². The summed E-state index contributed by atoms with van der Waals surface area (Å²) in [5, 5.41) is 7.39. The Morgan fingerprint density at radius 3 is 2.73 bits per heavy atom. The summed E-state index contributed by atoms with van der Waals surface area (Å²) in [4.78, 5) is 0. The van der Waals surface area contributed by atoms with E-state index in [0.29, 0.717) is 18.1 Å². The van der Waals surface area contributed by atoms with Crippen LogP contribution in [0.4, 0.5) is 10.2 Å². The van der Waals surface area contributed by atoms with Crippen LogP contribution in [-0.2, 0) is 0 Å². The van der Waals surface area contributed by atoms with E-state index in [2.05, 4.69) is 10.2 Å². The van der Waals surface area contributed by atoms with Crippen LogP contribution in [-0.4, -0.2) is 22.5 Å². The molecule has 1 aliphatic carbocycles. The van der Waals surface area contributed by atoms with E-state index in [4.69, 9.17) is 10.5 Å². The minimum Gasteiger partial charge on any atom is -0.470 e. The number of hydrogen-bond donors (Lipinski definition) is 1. The summed E-state index contributed by atoms with van der Waals surface area (Å²) in [6.07, 6.45) is 2.00. The molecule has 0 spiro atoms. The standard InChI is InChI=1S/C10H14FN3O/c11-7-3-1-2-4-8(7)15-10-6-5-9(12)13-14-10/h5-8H,1-4H2,(H2,12,13)/t7-,8+/m0/s1. The fourth-order valence-electron chi connectivity index (χ4n) is 1.73. The van der Waals surface area contributed by atoms with Crippen molar-refractivity contribution in [3.8, 4) is 5.88 Å². The molecule has 4 nitrogen and oxygen atoms in total. The van der Waals surface area contributed by atoms with Gasteiger partial charge >= 0.3 is 0 Å². The summed E-state index contributed by atoms with van der Waals surface area (Å²) in [7, 11) is 0. The molecule has 1 saturated carbocycles. The van der Waals surface area contributed by atoms with Crippen LogP contribution in [0.25, 0.3) is 0 Å². The SMILES string of the molecule is Nc1ccc(O[C@@H]2CCCC[C@@H]2F)nn1. The molecule has 15 heavy (non-hydrogen) atoms. The summed E-state index contributed by atoms with van der Waals surface area (Å²) >= 11 is 0. The van der Waals surface area contributed by atoms with E-state index < -0.39 is 6.17 Å². The monoisotopic (exact) mass is 211 g/mol. The van der Waals surface area contributed by atoms with Gasteiger partial charge in [-0.1, -0.05) is 6.42 Å². The molecule has 0 aromatic carbocycles. The fraction of sp³-hybridized carbons (Fsp3) is 0.600. The fourth-order valence-corrected chi connectivity index (χ4v) is 1.73. The number of aromatic nitrogens is 2. The van der Waals surface area contributed by atoms with Crippen LogP contribution in [0, 0.1) is 0 Å². The number of nitrogen functional groups attached to an aromatic ring is 1. The van der Waals surface area contributed by atoms with Crippen molar-refractivity contribution in [1.82, 2.24) is 10.2 Å². The number of ether oxygens (including phenoxy) is 1. The summed E-state index contributed by atoms with van der Waals surface area (Å²) in [5.41, 5.74) is 5.38. The average molecular weight is 211 g/mol. The molecule has 1 aromatic heterocycles. The van der Waals surface area contributed by atoms with Crippen molar-refractivity contribution in [2.24, 2.45) is 0 Å². The number of nitrogens with zero attached hydrogens (tertiary/aromatic N) is 2. The number of halogens is 1. The molecule has 1 aromatic rings. The summed E-state index contributed by atoms with van der Waals surface area (Å²) in [5.74, 6) is 0.682. The van der Waals surface area contributed by atoms with Crippen molar-refractivity contribution in [2.75, 3.05) is 5.73 Å². The van der Waals surface area contributed by atoms with Crippen LogP contribution >= 0.6 is 0 Å². The van der Waals surface area contributed by atoms with E-state index in [1.807, 2.05) is 0 Å². The third-order valence-electron chi connectivity index (χ3n) is 2.55. The number of hydrogen-bond acceptors (Lipinski definition) is 4. The lowest BCUT2D eigenvalue weighted by molar-refractivity contribution is 0.0594. The zero-order chi connectivity index (χ0) is 10.7. The molecule has 82 valence electrons. The maximum Gasteiger partial charge on any atom is 0.233 e. The van der Waals surface area contributed by atoms with Crippen LogP contribution in [0.5, 0.6) is 5.88 Å². The molecular formula is C10H14FN3O. The molecule has 5 heteroatoms. The van der Waals surface area contributed by atoms with Gasteiger partial charge in [0.25, 0.3) is 0 Å². The first-order valence-electron chi connectivity index (χ1n) is 5.15. The molecule has 0 bridgehead atoms. The Hall–Kier alpha value is -1.39. The molecule has 2 N–H and O–H groups in total. The lowest BCUT2D eigenvalue weighted by Crippen LogP contribution is -2.32. The van der Waals surface area contributed by atoms with Crippen LogP contribution in [0.1, 0.15) is 25.7 Å². The molecule has 1 aliphatic rings. The van der Waals surface area contributed by atoms with E-state index in [-0.39, 0.29) is 6.10 Å². The first kappa shape index (κ1) is 10.1. The third kappa shape index (κ3) is 2.55. The first-order valence-corrected chi connectivity index (χ1v) is 5.15. The topological polar surface area (TPSA) is 61.0 Å². The van der Waals surface area contributed by atoms with Gasteiger partial charge in [-0.25, -0.2) is 4.39 Å². The lowest BCUT2D eigenvalue weighted by Gasteiger charge is -2.25. The van der Waals surface area contributed by atoms with Gasteiger partial charge in [0.2, 0.25) is 5.88 Å². The molecule has 0 unspecified atom stereocenters. The van der Waals surface area contributed by atoms with Gasteiger partial charge in [0.1, 0.15) is 18.1 Å². The molecular weight excluding hydrogens is 197 g/mol. The van der Waals surface area contributed by atoms with Gasteiger partial charge in [-0.15, -0.1) is 10.2 Å². The van der Waals surface area contributed by atoms with Crippen molar-refractivity contribution >= 4 is 5.82 Å². The minimum atomic E-state index is -0.891. The van der Waals surface area contributed by atoms with Gasteiger partial charge in [0.15, 0.2) is 0 Å². The highest BCUT2D eigenvalue weighted by molar-refractivity contribution is 5.27. The predicted molar refractivity (Wildman–Crippen MR) is 54.2 cm³/mol. The van der Waals surface area contributed by atoms with Crippen molar-refractivity contribution < 1.29 is 9.13 Å². The van der Waals surface area contributed by atoms with Crippen LogP contribution < -0.4 is 10.5 Å². The Balaban J connectivity index is 1.98. The first-order chi connectivity index (χ1) is 7.25. The zero-order valence-corrected chi connectivity index (χ0v) is 8.40. The maximum atomic E-state index is 13.4. The lowest BCUT2D eigenvalue weighted by atomic mass is 9.96. The van der Waals surface area contributed by atoms with Gasteiger partial charge in [-0.3, -0.25) is 0 Å². The third-order valence-corrected chi connectivity index (χ3v) is 2.55. The maximum absolute atomic E-state index is 13.4. The molecule has 0 aliphatic heterocycles. The molecule has 2 atom stereocenters. The number of alkyl halides is 1. The Kier molecular flexibility index (Phi) is 2.99. The summed E-state index contributed by atoms with van der Waals surface area (Å²) in [6, 6.07) is 3.21. The van der Waals surface area contributed by atoms with Gasteiger partial charge in [-0.05, 0) is 25.3 Å². The van der Waals surface area contributed by atoms with Gasteiger partial charge in [-0.2, -0.15) is 0 Å². The minimum absolute atomic E-state index is 0.336. The molecule has 0 amide bonds. The van der Waals surface area contributed by atoms with Crippen LogP contribution in [0.2, 0.25) is 0 Å². The van der Waals surface area contributed by atoms with E-state index in [1.54, 1.807) is 12.1 Å². The van der Waals surface area contributed by atoms with Gasteiger partial charge in [0, 0.05) is 6.07 Å². The second kappa shape index (κ2) is 4.42. The van der Waals surface area contributed by atoms with Gasteiger partial charge < -0.3 is 10.5 Å². The number of nitrogens with two attached hydrogens (primary N) is 1. The molecule has 0 radical (unpaired) electrons. The summed E-state index contributed by atoms with van der Waals surface area (Å²) in [6.45, 7) is 0. The zero-order valence-electron chi connectivity index (χ0n) is 8.40. The highest BCUT2D eigenvalue weighted by atomic mass is 19.1. The van der Waals surface area contributed by atoms with E-state index in [9.17, 15) is 4.39 Å². The van der Waals surface area contributed by atoms with E-state index in [0.717, 1.165) is 19.3 Å². The van der Waals surface area contributed by atoms with Crippen molar-refractivity contribution in [3.05, 3.63) is 12.1 Å². The van der Waals surface area contributed by atoms with Crippen LogP contribution in [0.3, 0.4) is 0 Å². The Bertz CT molecular complexity index is 317. The smallest absolute Gasteiger partial charge is 0.233 e. The van der Waals surface area contributed by atoms with Crippen molar-refractivity contribution in [2.45, 2.75) is 38.0 Å². The Labute approximate surface area is 87.6 Å². The largest absolute Gasteiger partial charge is 0.470 e. The van der Waals surface area contributed by atoms with Gasteiger partial charge in [0.05, 0.1) is 0 Å². The normalized spacial score (nSPS) is 26.2. The average Bonchev–Trinajstić information content (AvgIpc) is 2.25. The Morgan fingerprint density at radius 1 is 1.27 bits per heavy atom. The molecule has 2 rings (SSSR count). The Morgan fingerprint density at radius 2 is 2.07 bits per heavy atom. The number of anilines is 1. The van der Waals surface area contributed by atoms with E-state index in [1.165, 1.54) is 0 Å². The second-order valence-electron chi connectivity index (χ2n) is 3.75. The van der Waals surface area contributed by atoms with E-state index >= 15 is 0 Å². The highest BCUT2D eigenvalue weighted by Gasteiger charge is 2.26. The molecule has 1 heterocycles. The summed E-state index contributed by atoms with van der Waals surface area (Å²) < 4.78 is 18.8. The predicted octanol–water partition coefficient (Wildman–Crippen LogP) is 1.72. The molecule has 0 saturated heterocycles.